The van der Waals surface area contributed by atoms with Gasteiger partial charge in [-0.3, -0.25) is 4.79 Å². The summed E-state index contributed by atoms with van der Waals surface area (Å²) in [4.78, 5) is 27.4. The molecule has 0 spiro atoms. The highest BCUT2D eigenvalue weighted by Crippen LogP contribution is 2.42. The largest absolute Gasteiger partial charge is 0.478 e. The number of rotatable bonds is 3. The van der Waals surface area contributed by atoms with Gasteiger partial charge in [0.1, 0.15) is 5.58 Å². The molecule has 6 heteroatoms. The van der Waals surface area contributed by atoms with E-state index in [0.29, 0.717) is 17.8 Å². The lowest BCUT2D eigenvalue weighted by Gasteiger charge is -2.29. The lowest BCUT2D eigenvalue weighted by Crippen LogP contribution is -2.24. The fourth-order valence-electron chi connectivity index (χ4n) is 4.76. The van der Waals surface area contributed by atoms with Crippen LogP contribution in [0.1, 0.15) is 49.4 Å². The van der Waals surface area contributed by atoms with E-state index in [9.17, 15) is 14.7 Å². The number of para-hydroxylation sites is 1. The molecular formula is C24H16N2O4. The van der Waals surface area contributed by atoms with Crippen molar-refractivity contribution < 1.29 is 19.1 Å². The highest BCUT2D eigenvalue weighted by Gasteiger charge is 2.34. The van der Waals surface area contributed by atoms with Gasteiger partial charge >= 0.3 is 5.97 Å². The van der Waals surface area contributed by atoms with Crippen molar-refractivity contribution in [2.45, 2.75) is 12.5 Å². The molecule has 1 aliphatic heterocycles. The molecule has 1 unspecified atom stereocenters. The molecular weight excluding hydrogens is 380 g/mol. The van der Waals surface area contributed by atoms with E-state index in [4.69, 9.17) is 4.42 Å². The molecule has 1 aliphatic rings. The molecule has 0 saturated heterocycles. The van der Waals surface area contributed by atoms with E-state index in [1.54, 1.807) is 6.26 Å². The zero-order chi connectivity index (χ0) is 20.4. The van der Waals surface area contributed by atoms with Crippen LogP contribution in [0.2, 0.25) is 0 Å². The second kappa shape index (κ2) is 5.97. The lowest BCUT2D eigenvalue weighted by atomic mass is 9.91. The van der Waals surface area contributed by atoms with Gasteiger partial charge in [-0.15, -0.1) is 0 Å². The van der Waals surface area contributed by atoms with Gasteiger partial charge in [0, 0.05) is 34.1 Å². The van der Waals surface area contributed by atoms with Crippen LogP contribution >= 0.6 is 0 Å². The van der Waals surface area contributed by atoms with Crippen LogP contribution in [0.25, 0.3) is 21.9 Å². The van der Waals surface area contributed by atoms with E-state index in [2.05, 4.69) is 4.98 Å². The molecule has 6 nitrogen and oxygen atoms in total. The number of fused-ring (bicyclic) bond motifs is 5. The molecule has 0 bridgehead atoms. The van der Waals surface area contributed by atoms with Crippen molar-refractivity contribution in [3.63, 3.8) is 0 Å². The van der Waals surface area contributed by atoms with Crippen LogP contribution in [0.4, 0.5) is 0 Å². The van der Waals surface area contributed by atoms with Crippen LogP contribution in [0, 0.1) is 0 Å². The predicted molar refractivity (Wildman–Crippen MR) is 111 cm³/mol. The third kappa shape index (κ3) is 2.18. The predicted octanol–water partition coefficient (Wildman–Crippen LogP) is 4.77. The Labute approximate surface area is 170 Å². The topological polar surface area (TPSA) is 88.2 Å². The molecule has 146 valence electrons. The minimum Gasteiger partial charge on any atom is -0.478 e. The molecule has 5 aromatic rings. The van der Waals surface area contributed by atoms with Crippen molar-refractivity contribution in [2.24, 2.45) is 0 Å². The quantitative estimate of drug-likeness (QED) is 0.422. The monoisotopic (exact) mass is 396 g/mol. The van der Waals surface area contributed by atoms with Crippen LogP contribution in [-0.4, -0.2) is 26.9 Å². The Morgan fingerprint density at radius 2 is 2.03 bits per heavy atom. The number of furan rings is 1. The third-order valence-corrected chi connectivity index (χ3v) is 6.04. The lowest BCUT2D eigenvalue weighted by molar-refractivity contribution is 0.0695. The fraction of sp³-hybridized carbons (Fsp3) is 0.0833. The molecule has 0 saturated carbocycles. The summed E-state index contributed by atoms with van der Waals surface area (Å²) >= 11 is 0. The third-order valence-electron chi connectivity index (χ3n) is 6.04. The molecule has 4 heterocycles. The second-order valence-corrected chi connectivity index (χ2v) is 7.58. The Hall–Kier alpha value is -4.06. The van der Waals surface area contributed by atoms with Gasteiger partial charge < -0.3 is 19.1 Å². The number of nitrogens with one attached hydrogen (secondary N) is 1. The van der Waals surface area contributed by atoms with Gasteiger partial charge in [0.25, 0.3) is 0 Å². The summed E-state index contributed by atoms with van der Waals surface area (Å²) in [6, 6.07) is 16.9. The van der Waals surface area contributed by atoms with Crippen LogP contribution < -0.4 is 0 Å². The molecule has 2 N–H and O–H groups in total. The molecule has 0 amide bonds. The molecule has 0 aliphatic carbocycles. The van der Waals surface area contributed by atoms with Gasteiger partial charge in [0.2, 0.25) is 0 Å². The standard InChI is InChI=1S/C24H16N2O4/c27-12-15-10-18(24(28)29)20-11-17-16-3-1-2-4-19(16)25-22(17)23(26(15)20)14-5-6-21-13(9-14)7-8-30-21/h1-10,12,23,25H,11H2,(H,28,29). The maximum Gasteiger partial charge on any atom is 0.337 e. The van der Waals surface area contributed by atoms with Crippen LogP contribution in [0.3, 0.4) is 0 Å². The number of carboxylic acids is 1. The highest BCUT2D eigenvalue weighted by molar-refractivity contribution is 5.94. The number of aldehydes is 1. The fourth-order valence-corrected chi connectivity index (χ4v) is 4.76. The van der Waals surface area contributed by atoms with E-state index in [1.807, 2.05) is 53.1 Å². The molecule has 1 atom stereocenters. The SMILES string of the molecule is O=Cc1cc(C(=O)O)c2n1C(c1ccc3occc3c1)c1[nH]c3ccccc3c1C2. The number of aromatic amines is 1. The van der Waals surface area contributed by atoms with Gasteiger partial charge in [0.15, 0.2) is 6.29 Å². The summed E-state index contributed by atoms with van der Waals surface area (Å²) in [7, 11) is 0. The van der Waals surface area contributed by atoms with E-state index in [1.165, 1.54) is 6.07 Å². The van der Waals surface area contributed by atoms with Gasteiger partial charge in [-0.25, -0.2) is 4.79 Å². The van der Waals surface area contributed by atoms with Gasteiger partial charge in [-0.05, 0) is 41.5 Å². The average molecular weight is 396 g/mol. The van der Waals surface area contributed by atoms with E-state index in [0.717, 1.165) is 45.0 Å². The van der Waals surface area contributed by atoms with Crippen molar-refractivity contribution >= 4 is 34.1 Å². The van der Waals surface area contributed by atoms with Gasteiger partial charge in [-0.2, -0.15) is 0 Å². The Balaban J connectivity index is 1.70. The zero-order valence-corrected chi connectivity index (χ0v) is 15.8. The summed E-state index contributed by atoms with van der Waals surface area (Å²) in [6.07, 6.45) is 2.82. The zero-order valence-electron chi connectivity index (χ0n) is 15.8. The Morgan fingerprint density at radius 3 is 2.87 bits per heavy atom. The van der Waals surface area contributed by atoms with Crippen LogP contribution in [0.15, 0.2) is 65.3 Å². The van der Waals surface area contributed by atoms with Crippen molar-refractivity contribution in [3.05, 3.63) is 94.6 Å². The first kappa shape index (κ1) is 16.9. The highest BCUT2D eigenvalue weighted by atomic mass is 16.4. The molecule has 6 rings (SSSR count). The smallest absolute Gasteiger partial charge is 0.337 e. The minimum absolute atomic E-state index is 0.169. The first-order valence-electron chi connectivity index (χ1n) is 9.65. The summed E-state index contributed by atoms with van der Waals surface area (Å²) in [5.74, 6) is -1.03. The van der Waals surface area contributed by atoms with Crippen molar-refractivity contribution in [2.75, 3.05) is 0 Å². The molecule has 30 heavy (non-hydrogen) atoms. The van der Waals surface area contributed by atoms with Crippen molar-refractivity contribution in [1.82, 2.24) is 9.55 Å². The van der Waals surface area contributed by atoms with Crippen molar-refractivity contribution in [1.29, 1.82) is 0 Å². The first-order valence-corrected chi connectivity index (χ1v) is 9.65. The Bertz CT molecular complexity index is 1480. The maximum absolute atomic E-state index is 11.9. The number of benzene rings is 2. The van der Waals surface area contributed by atoms with Gasteiger partial charge in [-0.1, -0.05) is 24.3 Å². The Morgan fingerprint density at radius 1 is 1.17 bits per heavy atom. The molecule has 0 radical (unpaired) electrons. The number of nitrogens with zero attached hydrogens (tertiary/aromatic N) is 1. The number of carboxylic acid groups (broad SMARTS) is 1. The average Bonchev–Trinajstić information content (AvgIpc) is 3.46. The number of aromatic nitrogens is 2. The summed E-state index contributed by atoms with van der Waals surface area (Å²) in [5, 5.41) is 11.8. The first-order chi connectivity index (χ1) is 14.7. The number of carbonyl (C=O) groups excluding carboxylic acids is 1. The van der Waals surface area contributed by atoms with Gasteiger partial charge in [0.05, 0.1) is 23.6 Å². The number of aromatic carboxylic acids is 1. The normalized spacial score (nSPS) is 15.3. The van der Waals surface area contributed by atoms with E-state index in [-0.39, 0.29) is 11.6 Å². The summed E-state index contributed by atoms with van der Waals surface area (Å²) < 4.78 is 7.34. The Kier molecular flexibility index (Phi) is 3.35. The number of hydrogen-bond donors (Lipinski definition) is 2. The minimum atomic E-state index is -1.03. The molecule has 3 aromatic heterocycles. The number of hydrogen-bond acceptors (Lipinski definition) is 3. The van der Waals surface area contributed by atoms with Crippen LogP contribution in [0.5, 0.6) is 0 Å². The molecule has 0 fully saturated rings. The maximum atomic E-state index is 11.9. The number of carbonyl (C=O) groups is 2. The molecule has 2 aromatic carbocycles. The van der Waals surface area contributed by atoms with E-state index < -0.39 is 5.97 Å². The van der Waals surface area contributed by atoms with Crippen LogP contribution in [-0.2, 0) is 6.42 Å². The van der Waals surface area contributed by atoms with Crippen molar-refractivity contribution in [3.8, 4) is 0 Å². The number of H-pyrrole nitrogens is 1. The summed E-state index contributed by atoms with van der Waals surface area (Å²) in [5.41, 5.74) is 5.92. The van der Waals surface area contributed by atoms with E-state index >= 15 is 0 Å². The summed E-state index contributed by atoms with van der Waals surface area (Å²) in [6.45, 7) is 0. The second-order valence-electron chi connectivity index (χ2n) is 7.58.